The topological polar surface area (TPSA) is 38.7 Å². The Morgan fingerprint density at radius 3 is 1.03 bits per heavy atom. The van der Waals surface area contributed by atoms with E-state index in [4.69, 9.17) is 15.0 Å². The van der Waals surface area contributed by atoms with Gasteiger partial charge in [-0.25, -0.2) is 0 Å². The molecule has 11 rings (SSSR count). The van der Waals surface area contributed by atoms with Crippen molar-refractivity contribution in [3.05, 3.63) is 269 Å². The van der Waals surface area contributed by atoms with Crippen molar-refractivity contribution in [1.82, 2.24) is 15.0 Å². The van der Waals surface area contributed by atoms with Crippen molar-refractivity contribution < 1.29 is 20.1 Å². The summed E-state index contributed by atoms with van der Waals surface area (Å²) in [5.41, 5.74) is 20.7. The third kappa shape index (κ3) is 9.30. The Morgan fingerprint density at radius 1 is 0.250 bits per heavy atom. The van der Waals surface area contributed by atoms with Crippen LogP contribution in [0.3, 0.4) is 0 Å². The molecule has 0 spiro atoms. The van der Waals surface area contributed by atoms with Crippen LogP contribution in [0, 0.1) is 25.6 Å². The van der Waals surface area contributed by atoms with Crippen molar-refractivity contribution >= 4 is 0 Å². The molecule has 327 valence electrons. The van der Waals surface area contributed by atoms with E-state index in [1.165, 1.54) is 0 Å². The van der Waals surface area contributed by atoms with E-state index >= 15 is 0 Å². The summed E-state index contributed by atoms with van der Waals surface area (Å²) in [5.74, 6) is 0. The molecule has 0 unspecified atom stereocenters. The second-order valence-electron chi connectivity index (χ2n) is 16.1. The standard InChI is InChI=1S/C63H40N3.CH3.Ir/c1-5-19-44(20-6-1)59-40-63(47-25-11-4-12-26-47)66-43-60(59)58-32-18-17-31-57(58)52-38-50(55-29-15-13-27-53(55)48-33-35-61(64-41-48)45-21-7-2-8-22-45)37-51(39-52)56-30-16-14-28-54(56)49-34-36-62(65-42-49)46-23-9-3-10-24-46;;/h1-21,23,25,27-43H;1H3;/q-3;-1;. The molecule has 3 nitrogen and oxygen atoms in total. The summed E-state index contributed by atoms with van der Waals surface area (Å²) in [4.78, 5) is 14.9. The van der Waals surface area contributed by atoms with Gasteiger partial charge in [-0.3, -0.25) is 0 Å². The number of benzene rings is 8. The number of aromatic nitrogens is 3. The molecule has 11 aromatic rings. The maximum Gasteiger partial charge on any atom is 0.0245 e. The van der Waals surface area contributed by atoms with Crippen molar-refractivity contribution in [2.75, 3.05) is 0 Å². The van der Waals surface area contributed by atoms with E-state index in [0.717, 1.165) is 112 Å². The molecule has 3 aromatic heterocycles. The predicted octanol–water partition coefficient (Wildman–Crippen LogP) is 16.4. The minimum absolute atomic E-state index is 0. The number of rotatable bonds is 10. The van der Waals surface area contributed by atoms with Crippen LogP contribution >= 0.6 is 0 Å². The molecule has 0 amide bonds. The Balaban J connectivity index is 0.00000289. The van der Waals surface area contributed by atoms with Crippen LogP contribution in [0.5, 0.6) is 0 Å². The number of hydrogen-bond acceptors (Lipinski definition) is 3. The van der Waals surface area contributed by atoms with E-state index in [1.54, 1.807) is 0 Å². The van der Waals surface area contributed by atoms with Gasteiger partial charge in [-0.1, -0.05) is 133 Å². The second kappa shape index (κ2) is 20.6. The first-order valence-corrected chi connectivity index (χ1v) is 22.1. The molecule has 0 aliphatic carbocycles. The van der Waals surface area contributed by atoms with Gasteiger partial charge in [0.15, 0.2) is 0 Å². The van der Waals surface area contributed by atoms with Crippen LogP contribution in [0.1, 0.15) is 0 Å². The van der Waals surface area contributed by atoms with Crippen LogP contribution < -0.4 is 0 Å². The zero-order valence-corrected chi connectivity index (χ0v) is 39.7. The van der Waals surface area contributed by atoms with E-state index in [2.05, 4.69) is 176 Å². The third-order valence-electron chi connectivity index (χ3n) is 12.0. The molecule has 0 aliphatic heterocycles. The van der Waals surface area contributed by atoms with Gasteiger partial charge in [0.1, 0.15) is 0 Å². The van der Waals surface area contributed by atoms with E-state index in [-0.39, 0.29) is 27.5 Å². The fourth-order valence-electron chi connectivity index (χ4n) is 8.79. The minimum Gasteiger partial charge on any atom is -0.358 e. The molecule has 0 aliphatic rings. The van der Waals surface area contributed by atoms with Gasteiger partial charge in [0.25, 0.3) is 0 Å². The van der Waals surface area contributed by atoms with Gasteiger partial charge in [0, 0.05) is 44.3 Å². The average molecular weight is 1050 g/mol. The summed E-state index contributed by atoms with van der Waals surface area (Å²) in [6, 6.07) is 88.2. The van der Waals surface area contributed by atoms with Gasteiger partial charge >= 0.3 is 0 Å². The molecule has 0 saturated heterocycles. The number of pyridine rings is 3. The van der Waals surface area contributed by atoms with Crippen LogP contribution in [0.2, 0.25) is 0 Å². The fourth-order valence-corrected chi connectivity index (χ4v) is 8.79. The van der Waals surface area contributed by atoms with Crippen molar-refractivity contribution in [3.63, 3.8) is 0 Å². The first-order valence-electron chi connectivity index (χ1n) is 22.1. The maximum absolute atomic E-state index is 5.07. The smallest absolute Gasteiger partial charge is 0.0245 e. The van der Waals surface area contributed by atoms with Gasteiger partial charge in [-0.2, -0.15) is 0 Å². The fraction of sp³-hybridized carbons (Fsp3) is 0. The van der Waals surface area contributed by atoms with Crippen LogP contribution in [0.25, 0.3) is 112 Å². The van der Waals surface area contributed by atoms with Crippen molar-refractivity contribution in [2.24, 2.45) is 0 Å². The van der Waals surface area contributed by atoms with Crippen LogP contribution in [0.4, 0.5) is 0 Å². The Kier molecular flexibility index (Phi) is 13.6. The van der Waals surface area contributed by atoms with Crippen molar-refractivity contribution in [2.45, 2.75) is 0 Å². The summed E-state index contributed by atoms with van der Waals surface area (Å²) < 4.78 is 0. The normalized spacial score (nSPS) is 10.7. The number of nitrogens with zero attached hydrogens (tertiary/aromatic N) is 3. The summed E-state index contributed by atoms with van der Waals surface area (Å²) in [6.07, 6.45) is 5.98. The molecule has 3 heterocycles. The first kappa shape index (κ1) is 45.0. The van der Waals surface area contributed by atoms with Gasteiger partial charge < -0.3 is 22.4 Å². The zero-order valence-electron chi connectivity index (χ0n) is 37.3. The molecule has 8 aromatic carbocycles. The number of hydrogen-bond donors (Lipinski definition) is 0. The summed E-state index contributed by atoms with van der Waals surface area (Å²) in [7, 11) is 0. The van der Waals surface area contributed by atoms with E-state index in [0.29, 0.717) is 0 Å². The molecule has 0 N–H and O–H groups in total. The largest absolute Gasteiger partial charge is 0.358 e. The molecule has 4 heteroatoms. The zero-order chi connectivity index (χ0) is 44.1. The Morgan fingerprint density at radius 2 is 0.618 bits per heavy atom. The average Bonchev–Trinajstić information content (AvgIpc) is 3.41. The molecular weight excluding hydrogens is 1000 g/mol. The molecule has 68 heavy (non-hydrogen) atoms. The quantitative estimate of drug-likeness (QED) is 0.128. The monoisotopic (exact) mass is 1050 g/mol. The predicted molar refractivity (Wildman–Crippen MR) is 277 cm³/mol. The van der Waals surface area contributed by atoms with E-state index in [9.17, 15) is 0 Å². The van der Waals surface area contributed by atoms with Gasteiger partial charge in [0.2, 0.25) is 0 Å². The van der Waals surface area contributed by atoms with Gasteiger partial charge in [-0.05, 0) is 108 Å². The minimum atomic E-state index is 0. The summed E-state index contributed by atoms with van der Waals surface area (Å²) in [6.45, 7) is 0. The second-order valence-corrected chi connectivity index (χ2v) is 16.1. The van der Waals surface area contributed by atoms with E-state index < -0.39 is 0 Å². The molecular formula is C64H43IrN3-4. The van der Waals surface area contributed by atoms with Gasteiger partial charge in [0.05, 0.1) is 0 Å². The van der Waals surface area contributed by atoms with Crippen molar-refractivity contribution in [3.8, 4) is 112 Å². The van der Waals surface area contributed by atoms with Gasteiger partial charge in [-0.15, -0.1) is 108 Å². The SMILES string of the molecule is [CH3-].[Ir].[c-]1ccccc1-c1ccc(-c2ccccc2-c2cc(-c3ccccc3-c3ccc(-c4[c-]cccc4)nc3)cc(-c3ccccc3-c3cnc(-c4[c-]cccc4)cc3-c3ccccc3)c2)cn1. The molecule has 1 radical (unpaired) electrons. The Hall–Kier alpha value is -8.14. The molecule has 0 saturated carbocycles. The summed E-state index contributed by atoms with van der Waals surface area (Å²) in [5, 5.41) is 0. The first-order chi connectivity index (χ1) is 32.7. The Labute approximate surface area is 413 Å². The van der Waals surface area contributed by atoms with Crippen molar-refractivity contribution in [1.29, 1.82) is 0 Å². The maximum atomic E-state index is 5.07. The molecule has 0 bridgehead atoms. The molecule has 0 fully saturated rings. The summed E-state index contributed by atoms with van der Waals surface area (Å²) >= 11 is 0. The third-order valence-corrected chi connectivity index (χ3v) is 12.0. The van der Waals surface area contributed by atoms with E-state index in [1.807, 2.05) is 85.3 Å². The van der Waals surface area contributed by atoms with Crippen LogP contribution in [-0.2, 0) is 20.1 Å². The van der Waals surface area contributed by atoms with Crippen LogP contribution in [0.15, 0.2) is 243 Å². The molecule has 0 atom stereocenters. The Bertz CT molecular complexity index is 3280. The van der Waals surface area contributed by atoms with Crippen LogP contribution in [-0.4, -0.2) is 15.0 Å².